The molecule has 0 saturated carbocycles. The van der Waals surface area contributed by atoms with Gasteiger partial charge in [-0.05, 0) is 49.4 Å². The van der Waals surface area contributed by atoms with Gasteiger partial charge in [0.15, 0.2) is 0 Å². The van der Waals surface area contributed by atoms with Crippen molar-refractivity contribution in [1.29, 1.82) is 0 Å². The third-order valence-electron chi connectivity index (χ3n) is 9.33. The summed E-state index contributed by atoms with van der Waals surface area (Å²) in [7, 11) is 0. The lowest BCUT2D eigenvalue weighted by atomic mass is 9.70. The molecule has 3 aliphatic rings. The van der Waals surface area contributed by atoms with E-state index in [1.807, 2.05) is 69.3 Å². The molecule has 7 atom stereocenters. The number of amides is 3. The summed E-state index contributed by atoms with van der Waals surface area (Å²) in [6, 6.07) is 13.7. The second-order valence-electron chi connectivity index (χ2n) is 12.1. The lowest BCUT2D eigenvalue weighted by Crippen LogP contribution is -2.56. The lowest BCUT2D eigenvalue weighted by Gasteiger charge is -2.40. The molecule has 0 aliphatic carbocycles. The number of likely N-dealkylation sites (tertiary alicyclic amines) is 1. The van der Waals surface area contributed by atoms with Crippen LogP contribution < -0.4 is 4.90 Å². The van der Waals surface area contributed by atoms with Gasteiger partial charge in [-0.2, -0.15) is 0 Å². The highest BCUT2D eigenvalue weighted by Crippen LogP contribution is 2.69. The van der Waals surface area contributed by atoms with Crippen LogP contribution in [-0.4, -0.2) is 79.7 Å². The number of halogens is 1. The number of fused-ring (bicyclic) bond motifs is 1. The van der Waals surface area contributed by atoms with Crippen molar-refractivity contribution in [3.05, 3.63) is 90.5 Å². The molecule has 0 radical (unpaired) electrons. The molecule has 7 nitrogen and oxygen atoms in total. The zero-order valence-corrected chi connectivity index (χ0v) is 28.1. The van der Waals surface area contributed by atoms with E-state index in [1.165, 1.54) is 0 Å². The topological polar surface area (TPSA) is 81.2 Å². The molecule has 5 rings (SSSR count). The van der Waals surface area contributed by atoms with Gasteiger partial charge in [0.1, 0.15) is 6.04 Å². The van der Waals surface area contributed by atoms with E-state index in [1.54, 1.807) is 38.6 Å². The fourth-order valence-electron chi connectivity index (χ4n) is 7.52. The number of thioether (sulfide) groups is 1. The van der Waals surface area contributed by atoms with E-state index >= 15 is 4.79 Å². The van der Waals surface area contributed by atoms with E-state index in [2.05, 4.69) is 29.1 Å². The van der Waals surface area contributed by atoms with Crippen LogP contribution in [0.3, 0.4) is 0 Å². The number of benzene rings is 2. The molecule has 9 heteroatoms. The molecule has 44 heavy (non-hydrogen) atoms. The van der Waals surface area contributed by atoms with Gasteiger partial charge in [0.2, 0.25) is 11.8 Å². The molecule has 1 spiro atoms. The maximum atomic E-state index is 15.1. The molecule has 3 amide bonds. The Balaban J connectivity index is 1.68. The molecule has 3 unspecified atom stereocenters. The second-order valence-corrected chi connectivity index (χ2v) is 14.8. The average Bonchev–Trinajstić information content (AvgIpc) is 3.61. The summed E-state index contributed by atoms with van der Waals surface area (Å²) in [6.07, 6.45) is 4.77. The minimum atomic E-state index is -0.899. The van der Waals surface area contributed by atoms with Crippen molar-refractivity contribution < 1.29 is 19.5 Å². The van der Waals surface area contributed by atoms with Gasteiger partial charge in [0.05, 0.1) is 29.2 Å². The van der Waals surface area contributed by atoms with Crippen LogP contribution in [0.2, 0.25) is 0 Å². The number of carbonyl (C=O) groups excluding carboxylic acids is 3. The van der Waals surface area contributed by atoms with Crippen molar-refractivity contribution in [2.45, 2.75) is 60.5 Å². The maximum Gasteiger partial charge on any atom is 0.251 e. The monoisotopic (exact) mass is 679 g/mol. The highest BCUT2D eigenvalue weighted by molar-refractivity contribution is 9.09. The maximum absolute atomic E-state index is 15.1. The van der Waals surface area contributed by atoms with E-state index in [0.717, 1.165) is 28.8 Å². The van der Waals surface area contributed by atoms with Crippen LogP contribution in [0.15, 0.2) is 73.8 Å². The Hall–Kier alpha value is -2.88. The summed E-state index contributed by atoms with van der Waals surface area (Å²) in [5, 5.41) is 10.7. The van der Waals surface area contributed by atoms with Crippen molar-refractivity contribution in [1.82, 2.24) is 9.80 Å². The summed E-state index contributed by atoms with van der Waals surface area (Å²) in [5.74, 6) is -1.82. The molecule has 2 bridgehead atoms. The van der Waals surface area contributed by atoms with Crippen molar-refractivity contribution in [2.75, 3.05) is 31.1 Å². The summed E-state index contributed by atoms with van der Waals surface area (Å²) < 4.78 is -0.848. The Labute approximate surface area is 273 Å². The first-order valence-electron chi connectivity index (χ1n) is 15.3. The molecule has 234 valence electrons. The van der Waals surface area contributed by atoms with Crippen LogP contribution >= 0.6 is 27.7 Å². The van der Waals surface area contributed by atoms with Gasteiger partial charge in [-0.3, -0.25) is 14.4 Å². The number of hydrogen-bond donors (Lipinski definition) is 1. The van der Waals surface area contributed by atoms with Gasteiger partial charge in [0, 0.05) is 35.4 Å². The minimum absolute atomic E-state index is 0.0502. The second kappa shape index (κ2) is 13.2. The number of anilines is 1. The predicted octanol–water partition coefficient (Wildman–Crippen LogP) is 5.45. The largest absolute Gasteiger partial charge is 0.394 e. The summed E-state index contributed by atoms with van der Waals surface area (Å²) >= 11 is 5.49. The first-order chi connectivity index (χ1) is 21.1. The molecular formula is C35H42BrN3O4S. The molecule has 1 N–H and O–H groups in total. The van der Waals surface area contributed by atoms with Crippen LogP contribution in [-0.2, 0) is 14.4 Å². The van der Waals surface area contributed by atoms with Crippen molar-refractivity contribution in [3.8, 4) is 0 Å². The van der Waals surface area contributed by atoms with Crippen molar-refractivity contribution in [2.24, 2.45) is 11.8 Å². The van der Waals surface area contributed by atoms with E-state index < -0.39 is 28.7 Å². The zero-order valence-electron chi connectivity index (χ0n) is 25.7. The lowest BCUT2D eigenvalue weighted by molar-refractivity contribution is -0.145. The van der Waals surface area contributed by atoms with Crippen LogP contribution in [0.4, 0.5) is 5.69 Å². The first kappa shape index (κ1) is 32.5. The zero-order chi connectivity index (χ0) is 31.8. The number of aliphatic hydroxyl groups excluding tert-OH is 1. The van der Waals surface area contributed by atoms with E-state index in [-0.39, 0.29) is 41.0 Å². The van der Waals surface area contributed by atoms with Crippen molar-refractivity contribution in [3.63, 3.8) is 0 Å². The number of rotatable bonds is 12. The van der Waals surface area contributed by atoms with Crippen LogP contribution in [0.5, 0.6) is 0 Å². The number of alkyl halides is 1. The Morgan fingerprint density at radius 2 is 1.84 bits per heavy atom. The molecule has 3 fully saturated rings. The Morgan fingerprint density at radius 3 is 2.48 bits per heavy atom. The summed E-state index contributed by atoms with van der Waals surface area (Å²) in [4.78, 5) is 49.4. The van der Waals surface area contributed by atoms with Crippen molar-refractivity contribution >= 4 is 51.1 Å². The molecule has 3 aliphatic heterocycles. The number of hydrogen-bond acceptors (Lipinski definition) is 5. The van der Waals surface area contributed by atoms with Crippen LogP contribution in [0.25, 0.3) is 0 Å². The molecule has 3 heterocycles. The standard InChI is InChI=1S/C35H42BrN3O4S/c1-6-16-37(17-7-2)32(41)28-29-33(42)39(27(21-40)24-12-10-9-11-13-24)31(35(29)20-25(36)30(28)44-35)34(43)38(18-8-3)26-19-22(4)14-15-23(26)5/h6,8-15,19,25,27-31,40H,1,3,7,16-18,20-21H2,2,4-5H3/t25?,27-,28-,29+,30-,31?,35?/m1/s1. The smallest absolute Gasteiger partial charge is 0.251 e. The van der Waals surface area contributed by atoms with Gasteiger partial charge in [-0.1, -0.05) is 77.5 Å². The van der Waals surface area contributed by atoms with Gasteiger partial charge in [-0.25, -0.2) is 0 Å². The van der Waals surface area contributed by atoms with Gasteiger partial charge in [0.25, 0.3) is 5.91 Å². The fourth-order valence-corrected chi connectivity index (χ4v) is 11.1. The van der Waals surface area contributed by atoms with Crippen LogP contribution in [0, 0.1) is 25.7 Å². The van der Waals surface area contributed by atoms with Gasteiger partial charge < -0.3 is 19.8 Å². The Morgan fingerprint density at radius 1 is 1.14 bits per heavy atom. The molecule has 2 aromatic rings. The number of aliphatic hydroxyl groups is 1. The predicted molar refractivity (Wildman–Crippen MR) is 181 cm³/mol. The number of nitrogens with zero attached hydrogens (tertiary/aromatic N) is 3. The quantitative estimate of drug-likeness (QED) is 0.239. The molecule has 2 aromatic carbocycles. The fraction of sp³-hybridized carbons (Fsp3) is 0.457. The highest BCUT2D eigenvalue weighted by atomic mass is 79.9. The number of aryl methyl sites for hydroxylation is 2. The van der Waals surface area contributed by atoms with E-state index in [4.69, 9.17) is 0 Å². The summed E-state index contributed by atoms with van der Waals surface area (Å²) in [5.41, 5.74) is 3.47. The average molecular weight is 681 g/mol. The Kier molecular flexibility index (Phi) is 9.78. The Bertz CT molecular complexity index is 1440. The SMILES string of the molecule is C=CCN(CCC)C(=O)[C@H]1[C@@H]2SC3(CC2Br)C(C(=O)N(CC=C)c2cc(C)ccc2C)N([C@H](CO)c2ccccc2)C(=O)[C@H]13. The normalized spacial score (nSPS) is 27.6. The minimum Gasteiger partial charge on any atom is -0.394 e. The van der Waals surface area contributed by atoms with Gasteiger partial charge in [-0.15, -0.1) is 24.9 Å². The van der Waals surface area contributed by atoms with Crippen LogP contribution in [0.1, 0.15) is 42.5 Å². The molecule has 3 saturated heterocycles. The van der Waals surface area contributed by atoms with E-state index in [9.17, 15) is 14.7 Å². The first-order valence-corrected chi connectivity index (χ1v) is 17.1. The third-order valence-corrected chi connectivity index (χ3v) is 12.5. The third kappa shape index (κ3) is 5.35. The van der Waals surface area contributed by atoms with Gasteiger partial charge >= 0.3 is 0 Å². The molecular weight excluding hydrogens is 638 g/mol. The number of carbonyl (C=O) groups is 3. The summed E-state index contributed by atoms with van der Waals surface area (Å²) in [6.45, 7) is 14.7. The molecule has 0 aromatic heterocycles. The van der Waals surface area contributed by atoms with E-state index in [0.29, 0.717) is 19.5 Å². The highest BCUT2D eigenvalue weighted by Gasteiger charge is 2.76.